The first-order chi connectivity index (χ1) is 8.42. The Labute approximate surface area is 105 Å². The number of rotatable bonds is 6. The van der Waals surface area contributed by atoms with E-state index < -0.39 is 43.2 Å². The number of hydrogen-bond acceptors (Lipinski definition) is 5. The van der Waals surface area contributed by atoms with Crippen LogP contribution in [0.15, 0.2) is 0 Å². The average Bonchev–Trinajstić information content (AvgIpc) is 2.11. The van der Waals surface area contributed by atoms with Crippen LogP contribution in [-0.2, 0) is 25.0 Å². The third kappa shape index (κ3) is 2.83. The first kappa shape index (κ1) is 19.3. The second kappa shape index (κ2) is 4.93. The van der Waals surface area contributed by atoms with Crippen LogP contribution in [0.2, 0.25) is 0 Å². The predicted molar refractivity (Wildman–Crippen MR) is 43.9 cm³/mol. The summed E-state index contributed by atoms with van der Waals surface area (Å²) in [6.45, 7) is -4.86. The van der Waals surface area contributed by atoms with Crippen LogP contribution in [0.1, 0.15) is 0 Å². The zero-order valence-electron chi connectivity index (χ0n) is 8.48. The highest BCUT2D eigenvalue weighted by Gasteiger charge is 2.83. The molecule has 0 aromatic carbocycles. The summed E-state index contributed by atoms with van der Waals surface area (Å²) in [6, 6.07) is 0. The molecule has 0 radical (unpaired) electrons. The SMILES string of the molecule is O=S(=O)(O)C(F)(F)C(F)(OC(F)F)C(F)(F)S(=O)(=O)O. The lowest BCUT2D eigenvalue weighted by Crippen LogP contribution is -2.65. The summed E-state index contributed by atoms with van der Waals surface area (Å²) in [7, 11) is -14.3. The Morgan fingerprint density at radius 3 is 1.20 bits per heavy atom. The van der Waals surface area contributed by atoms with Gasteiger partial charge >= 0.3 is 43.2 Å². The molecule has 0 unspecified atom stereocenters. The Hall–Kier alpha value is -0.710. The van der Waals surface area contributed by atoms with Crippen molar-refractivity contribution in [3.05, 3.63) is 0 Å². The van der Waals surface area contributed by atoms with Gasteiger partial charge in [-0.15, -0.1) is 0 Å². The van der Waals surface area contributed by atoms with E-state index in [9.17, 15) is 47.6 Å². The van der Waals surface area contributed by atoms with E-state index in [-0.39, 0.29) is 0 Å². The highest BCUT2D eigenvalue weighted by Crippen LogP contribution is 2.50. The van der Waals surface area contributed by atoms with Crippen LogP contribution in [0.4, 0.5) is 30.7 Å². The second-order valence-corrected chi connectivity index (χ2v) is 5.88. The lowest BCUT2D eigenvalue weighted by atomic mass is 10.3. The molecular weight excluding hydrogens is 357 g/mol. The summed E-state index contributed by atoms with van der Waals surface area (Å²) in [5, 5.41) is -13.7. The van der Waals surface area contributed by atoms with Crippen molar-refractivity contribution in [3.8, 4) is 0 Å². The van der Waals surface area contributed by atoms with Crippen LogP contribution in [0.5, 0.6) is 0 Å². The van der Waals surface area contributed by atoms with Gasteiger partial charge in [-0.2, -0.15) is 47.6 Å². The summed E-state index contributed by atoms with van der Waals surface area (Å²) >= 11 is 0. The third-order valence-corrected chi connectivity index (χ3v) is 3.47. The summed E-state index contributed by atoms with van der Waals surface area (Å²) in [6.07, 6.45) is 0. The van der Waals surface area contributed by atoms with Crippen LogP contribution in [0.25, 0.3) is 0 Å². The normalized spacial score (nSPS) is 15.7. The molecule has 0 aliphatic carbocycles. The van der Waals surface area contributed by atoms with Crippen LogP contribution >= 0.6 is 0 Å². The quantitative estimate of drug-likeness (QED) is 0.533. The van der Waals surface area contributed by atoms with Crippen molar-refractivity contribution in [2.24, 2.45) is 0 Å². The first-order valence-electron chi connectivity index (χ1n) is 3.76. The Balaban J connectivity index is 6.46. The topological polar surface area (TPSA) is 118 Å². The molecule has 0 saturated heterocycles. The molecule has 0 fully saturated rings. The molecule has 0 aliphatic rings. The third-order valence-electron chi connectivity index (χ3n) is 1.65. The van der Waals surface area contributed by atoms with Gasteiger partial charge in [0.25, 0.3) is 0 Å². The van der Waals surface area contributed by atoms with Crippen LogP contribution < -0.4 is 0 Å². The van der Waals surface area contributed by atoms with Crippen molar-refractivity contribution in [2.45, 2.75) is 23.0 Å². The van der Waals surface area contributed by atoms with Crippen molar-refractivity contribution in [2.75, 3.05) is 0 Å². The van der Waals surface area contributed by atoms with Crippen LogP contribution in [-0.4, -0.2) is 48.9 Å². The molecule has 16 heteroatoms. The number of ether oxygens (including phenoxy) is 1. The molecular formula is C4H3F7O7S2. The molecule has 0 aliphatic heterocycles. The number of halogens is 7. The maximum Gasteiger partial charge on any atom is 0.434 e. The van der Waals surface area contributed by atoms with Crippen molar-refractivity contribution >= 4 is 20.2 Å². The largest absolute Gasteiger partial charge is 0.434 e. The van der Waals surface area contributed by atoms with Crippen LogP contribution in [0, 0.1) is 0 Å². The fourth-order valence-electron chi connectivity index (χ4n) is 0.761. The number of alkyl halides is 7. The molecule has 7 nitrogen and oxygen atoms in total. The van der Waals surface area contributed by atoms with E-state index in [0.29, 0.717) is 0 Å². The Morgan fingerprint density at radius 1 is 0.800 bits per heavy atom. The van der Waals surface area contributed by atoms with Gasteiger partial charge < -0.3 is 0 Å². The Morgan fingerprint density at radius 2 is 1.05 bits per heavy atom. The van der Waals surface area contributed by atoms with E-state index in [2.05, 4.69) is 0 Å². The van der Waals surface area contributed by atoms with E-state index in [1.807, 2.05) is 4.74 Å². The summed E-state index contributed by atoms with van der Waals surface area (Å²) in [5.74, 6) is -6.81. The number of hydrogen-bond donors (Lipinski definition) is 2. The Bertz CT molecular complexity index is 522. The maximum atomic E-state index is 13.3. The predicted octanol–water partition coefficient (Wildman–Crippen LogP) is 0.853. The Kier molecular flexibility index (Phi) is 4.76. The second-order valence-electron chi connectivity index (χ2n) is 2.96. The molecule has 0 aromatic heterocycles. The van der Waals surface area contributed by atoms with Gasteiger partial charge in [0.15, 0.2) is 0 Å². The summed E-state index contributed by atoms with van der Waals surface area (Å²) in [5.41, 5.74) is 0. The van der Waals surface area contributed by atoms with Crippen LogP contribution in [0.3, 0.4) is 0 Å². The minimum Gasteiger partial charge on any atom is -0.281 e. The van der Waals surface area contributed by atoms with Gasteiger partial charge in [-0.1, -0.05) is 0 Å². The highest BCUT2D eigenvalue weighted by molar-refractivity contribution is 7.88. The zero-order valence-corrected chi connectivity index (χ0v) is 10.1. The molecule has 0 heterocycles. The molecule has 0 spiro atoms. The van der Waals surface area contributed by atoms with Gasteiger partial charge in [-0.05, 0) is 0 Å². The van der Waals surface area contributed by atoms with Gasteiger partial charge in [0, 0.05) is 0 Å². The molecule has 2 N–H and O–H groups in total. The molecule has 0 rings (SSSR count). The highest BCUT2D eigenvalue weighted by atomic mass is 32.2. The van der Waals surface area contributed by atoms with E-state index >= 15 is 0 Å². The van der Waals surface area contributed by atoms with Crippen molar-refractivity contribution in [1.29, 1.82) is 0 Å². The van der Waals surface area contributed by atoms with Gasteiger partial charge in [-0.25, -0.2) is 0 Å². The lowest BCUT2D eigenvalue weighted by Gasteiger charge is -2.34. The maximum absolute atomic E-state index is 13.3. The summed E-state index contributed by atoms with van der Waals surface area (Å²) in [4.78, 5) is 0. The van der Waals surface area contributed by atoms with Gasteiger partial charge in [0.05, 0.1) is 0 Å². The smallest absolute Gasteiger partial charge is 0.281 e. The summed E-state index contributed by atoms with van der Waals surface area (Å²) < 4.78 is 146. The lowest BCUT2D eigenvalue weighted by molar-refractivity contribution is -0.363. The van der Waals surface area contributed by atoms with Gasteiger partial charge in [-0.3, -0.25) is 13.8 Å². The van der Waals surface area contributed by atoms with Crippen molar-refractivity contribution in [1.82, 2.24) is 0 Å². The van der Waals surface area contributed by atoms with Crippen molar-refractivity contribution in [3.63, 3.8) is 0 Å². The zero-order chi connectivity index (χ0) is 16.8. The molecule has 0 aromatic rings. The van der Waals surface area contributed by atoms with Gasteiger partial charge in [0.2, 0.25) is 0 Å². The standard InChI is InChI=1S/C4H3F7O7S2/c5-1(6)18-2(7,3(8,9)19(12,13)14)4(10,11)20(15,16)17/h1H,(H,12,13,14)(H,15,16,17). The molecule has 0 atom stereocenters. The van der Waals surface area contributed by atoms with E-state index in [1.165, 1.54) is 0 Å². The fraction of sp³-hybridized carbons (Fsp3) is 1.00. The van der Waals surface area contributed by atoms with Crippen molar-refractivity contribution < 1.29 is 61.4 Å². The molecule has 20 heavy (non-hydrogen) atoms. The average molecular weight is 360 g/mol. The van der Waals surface area contributed by atoms with Gasteiger partial charge in [0.1, 0.15) is 0 Å². The fourth-order valence-corrected chi connectivity index (χ4v) is 1.84. The molecule has 0 amide bonds. The first-order valence-corrected chi connectivity index (χ1v) is 6.64. The molecule has 122 valence electrons. The van der Waals surface area contributed by atoms with E-state index in [1.54, 1.807) is 0 Å². The van der Waals surface area contributed by atoms with E-state index in [4.69, 9.17) is 9.11 Å². The minimum absolute atomic E-state index is 2.04. The monoisotopic (exact) mass is 360 g/mol. The minimum atomic E-state index is -7.17. The van der Waals surface area contributed by atoms with E-state index in [0.717, 1.165) is 0 Å². The molecule has 0 saturated carbocycles. The molecule has 0 bridgehead atoms.